The van der Waals surface area contributed by atoms with Gasteiger partial charge in [-0.25, -0.2) is 0 Å². The Balaban J connectivity index is 1.54. The van der Waals surface area contributed by atoms with Crippen LogP contribution in [-0.2, 0) is 6.42 Å². The van der Waals surface area contributed by atoms with E-state index in [1.807, 2.05) is 0 Å². The molecule has 0 bridgehead atoms. The van der Waals surface area contributed by atoms with Crippen molar-refractivity contribution in [3.05, 3.63) is 18.0 Å². The molecule has 2 aliphatic carbocycles. The van der Waals surface area contributed by atoms with Gasteiger partial charge in [-0.3, -0.25) is 4.68 Å². The van der Waals surface area contributed by atoms with Crippen LogP contribution in [0, 0.1) is 11.8 Å². The zero-order valence-electron chi connectivity index (χ0n) is 13.5. The molecule has 118 valence electrons. The van der Waals surface area contributed by atoms with Crippen LogP contribution in [0.4, 0.5) is 0 Å². The maximum absolute atomic E-state index is 6.46. The minimum atomic E-state index is 0.298. The Morgan fingerprint density at radius 2 is 1.86 bits per heavy atom. The van der Waals surface area contributed by atoms with Crippen LogP contribution < -0.4 is 5.73 Å². The predicted molar refractivity (Wildman–Crippen MR) is 87.2 cm³/mol. The Bertz CT molecular complexity index is 425. The van der Waals surface area contributed by atoms with E-state index in [4.69, 9.17) is 10.8 Å². The first-order chi connectivity index (χ1) is 10.2. The molecule has 21 heavy (non-hydrogen) atoms. The first kappa shape index (κ1) is 15.1. The molecule has 1 aromatic rings. The highest BCUT2D eigenvalue weighted by Crippen LogP contribution is 2.31. The molecular weight excluding hydrogens is 258 g/mol. The summed E-state index contributed by atoms with van der Waals surface area (Å²) in [5.41, 5.74) is 7.66. The SMILES string of the molecule is CC1CCC(C(N)Cc2ccn(C3CCCCC3)n2)CC1. The summed E-state index contributed by atoms with van der Waals surface area (Å²) in [6, 6.07) is 3.13. The van der Waals surface area contributed by atoms with E-state index >= 15 is 0 Å². The van der Waals surface area contributed by atoms with E-state index in [-0.39, 0.29) is 0 Å². The van der Waals surface area contributed by atoms with Gasteiger partial charge >= 0.3 is 0 Å². The van der Waals surface area contributed by atoms with E-state index in [2.05, 4.69) is 23.9 Å². The minimum Gasteiger partial charge on any atom is -0.327 e. The second kappa shape index (κ2) is 6.95. The lowest BCUT2D eigenvalue weighted by Crippen LogP contribution is -2.34. The Morgan fingerprint density at radius 3 is 2.57 bits per heavy atom. The van der Waals surface area contributed by atoms with E-state index < -0.39 is 0 Å². The summed E-state index contributed by atoms with van der Waals surface area (Å²) in [7, 11) is 0. The lowest BCUT2D eigenvalue weighted by Gasteiger charge is -2.30. The van der Waals surface area contributed by atoms with E-state index in [9.17, 15) is 0 Å². The Hall–Kier alpha value is -0.830. The molecule has 0 spiro atoms. The molecule has 2 N–H and O–H groups in total. The number of hydrogen-bond acceptors (Lipinski definition) is 2. The zero-order chi connectivity index (χ0) is 14.7. The highest BCUT2D eigenvalue weighted by atomic mass is 15.3. The zero-order valence-corrected chi connectivity index (χ0v) is 13.5. The van der Waals surface area contributed by atoms with Gasteiger partial charge in [-0.05, 0) is 43.6 Å². The maximum Gasteiger partial charge on any atom is 0.0640 e. The molecule has 1 unspecified atom stereocenters. The van der Waals surface area contributed by atoms with Crippen molar-refractivity contribution in [3.8, 4) is 0 Å². The molecule has 3 heteroatoms. The first-order valence-corrected chi connectivity index (χ1v) is 9.02. The fourth-order valence-electron chi connectivity index (χ4n) is 4.16. The van der Waals surface area contributed by atoms with Gasteiger partial charge in [0.25, 0.3) is 0 Å². The predicted octanol–water partition coefficient (Wildman–Crippen LogP) is 4.08. The van der Waals surface area contributed by atoms with Gasteiger partial charge in [0.15, 0.2) is 0 Å². The monoisotopic (exact) mass is 289 g/mol. The number of nitrogens with two attached hydrogens (primary N) is 1. The maximum atomic E-state index is 6.46. The lowest BCUT2D eigenvalue weighted by atomic mass is 9.78. The molecule has 1 atom stereocenters. The topological polar surface area (TPSA) is 43.8 Å². The standard InChI is InChI=1S/C18H31N3/c1-14-7-9-15(10-8-14)18(19)13-16-11-12-21(20-16)17-5-3-2-4-6-17/h11-12,14-15,17-18H,2-10,13,19H2,1H3. The third kappa shape index (κ3) is 3.88. The molecule has 2 aliphatic rings. The molecule has 1 aromatic heterocycles. The summed E-state index contributed by atoms with van der Waals surface area (Å²) < 4.78 is 2.21. The van der Waals surface area contributed by atoms with Crippen LogP contribution in [0.3, 0.4) is 0 Å². The highest BCUT2D eigenvalue weighted by Gasteiger charge is 2.24. The average Bonchev–Trinajstić information content (AvgIpc) is 2.97. The van der Waals surface area contributed by atoms with Gasteiger partial charge in [-0.2, -0.15) is 5.10 Å². The molecule has 3 nitrogen and oxygen atoms in total. The van der Waals surface area contributed by atoms with Gasteiger partial charge in [-0.1, -0.05) is 39.0 Å². The average molecular weight is 289 g/mol. The fourth-order valence-corrected chi connectivity index (χ4v) is 4.16. The summed E-state index contributed by atoms with van der Waals surface area (Å²) in [5.74, 6) is 1.61. The van der Waals surface area contributed by atoms with Crippen LogP contribution in [0.1, 0.15) is 76.4 Å². The molecule has 0 radical (unpaired) electrons. The second-order valence-corrected chi connectivity index (χ2v) is 7.47. The largest absolute Gasteiger partial charge is 0.327 e. The molecule has 0 amide bonds. The summed E-state index contributed by atoms with van der Waals surface area (Å²) >= 11 is 0. The van der Waals surface area contributed by atoms with Crippen molar-refractivity contribution in [2.45, 2.75) is 83.2 Å². The number of rotatable bonds is 4. The molecular formula is C18H31N3. The highest BCUT2D eigenvalue weighted by molar-refractivity contribution is 5.03. The van der Waals surface area contributed by atoms with Gasteiger partial charge in [0.2, 0.25) is 0 Å². The van der Waals surface area contributed by atoms with Gasteiger partial charge in [0.05, 0.1) is 11.7 Å². The fraction of sp³-hybridized carbons (Fsp3) is 0.833. The Kier molecular flexibility index (Phi) is 4.99. The summed E-state index contributed by atoms with van der Waals surface area (Å²) in [4.78, 5) is 0. The number of aromatic nitrogens is 2. The molecule has 2 fully saturated rings. The van der Waals surface area contributed by atoms with Crippen LogP contribution in [0.15, 0.2) is 12.3 Å². The quantitative estimate of drug-likeness (QED) is 0.907. The number of nitrogens with zero attached hydrogens (tertiary/aromatic N) is 2. The van der Waals surface area contributed by atoms with Crippen LogP contribution in [0.25, 0.3) is 0 Å². The van der Waals surface area contributed by atoms with Crippen LogP contribution >= 0.6 is 0 Å². The molecule has 2 saturated carbocycles. The summed E-state index contributed by atoms with van der Waals surface area (Å²) in [6.07, 6.45) is 15.2. The lowest BCUT2D eigenvalue weighted by molar-refractivity contribution is 0.252. The Morgan fingerprint density at radius 1 is 1.14 bits per heavy atom. The second-order valence-electron chi connectivity index (χ2n) is 7.47. The normalized spacial score (nSPS) is 29.4. The summed E-state index contributed by atoms with van der Waals surface area (Å²) in [5, 5.41) is 4.82. The van der Waals surface area contributed by atoms with Gasteiger partial charge in [-0.15, -0.1) is 0 Å². The van der Waals surface area contributed by atoms with Crippen molar-refractivity contribution >= 4 is 0 Å². The van der Waals surface area contributed by atoms with Crippen molar-refractivity contribution < 1.29 is 0 Å². The van der Waals surface area contributed by atoms with Crippen LogP contribution in [0.5, 0.6) is 0 Å². The molecule has 0 aromatic carbocycles. The van der Waals surface area contributed by atoms with Crippen molar-refractivity contribution in [3.63, 3.8) is 0 Å². The van der Waals surface area contributed by atoms with Gasteiger partial charge < -0.3 is 5.73 Å². The molecule has 3 rings (SSSR count). The van der Waals surface area contributed by atoms with Crippen molar-refractivity contribution in [2.24, 2.45) is 17.6 Å². The third-order valence-corrected chi connectivity index (χ3v) is 5.72. The van der Waals surface area contributed by atoms with Crippen molar-refractivity contribution in [2.75, 3.05) is 0 Å². The van der Waals surface area contributed by atoms with Gasteiger partial charge in [0.1, 0.15) is 0 Å². The van der Waals surface area contributed by atoms with E-state index in [0.29, 0.717) is 18.0 Å². The molecule has 1 heterocycles. The first-order valence-electron chi connectivity index (χ1n) is 9.02. The van der Waals surface area contributed by atoms with Gasteiger partial charge in [0, 0.05) is 18.7 Å². The third-order valence-electron chi connectivity index (χ3n) is 5.72. The number of hydrogen-bond donors (Lipinski definition) is 1. The van der Waals surface area contributed by atoms with Crippen LogP contribution in [-0.4, -0.2) is 15.8 Å². The summed E-state index contributed by atoms with van der Waals surface area (Å²) in [6.45, 7) is 2.37. The smallest absolute Gasteiger partial charge is 0.0640 e. The van der Waals surface area contributed by atoms with Crippen molar-refractivity contribution in [1.29, 1.82) is 0 Å². The van der Waals surface area contributed by atoms with Crippen molar-refractivity contribution in [1.82, 2.24) is 9.78 Å². The van der Waals surface area contributed by atoms with E-state index in [0.717, 1.165) is 12.3 Å². The van der Waals surface area contributed by atoms with Crippen LogP contribution in [0.2, 0.25) is 0 Å². The minimum absolute atomic E-state index is 0.298. The van der Waals surface area contributed by atoms with E-state index in [1.54, 1.807) is 0 Å². The molecule has 0 saturated heterocycles. The molecule has 0 aliphatic heterocycles. The Labute approximate surface area is 129 Å². The van der Waals surface area contributed by atoms with E-state index in [1.165, 1.54) is 63.5 Å².